The first-order chi connectivity index (χ1) is 18.5. The van der Waals surface area contributed by atoms with E-state index in [1.54, 1.807) is 0 Å². The molecule has 2 saturated carbocycles. The topological polar surface area (TPSA) is 9.23 Å². The third kappa shape index (κ3) is 7.61. The van der Waals surface area contributed by atoms with Crippen molar-refractivity contribution in [2.75, 3.05) is 0 Å². The molecule has 0 saturated heterocycles. The lowest BCUT2D eigenvalue weighted by Crippen LogP contribution is -2.38. The number of fused-ring (bicyclic) bond motifs is 1. The zero-order valence-corrected chi connectivity index (χ0v) is 22.2. The van der Waals surface area contributed by atoms with Crippen LogP contribution < -0.4 is 4.74 Å². The number of ether oxygens (including phenoxy) is 1. The number of halogens is 7. The van der Waals surface area contributed by atoms with Crippen LogP contribution >= 0.6 is 0 Å². The maximum atomic E-state index is 15.1. The number of rotatable bonds is 8. The SMILES string of the molecule is CCCCCC1CCC(C2CCC(C(F)(F)Oc3ccc4c(F)c(C#CC(F)(F)F)c(F)cc4c3)CC2)CC1. The Morgan fingerprint density at radius 1 is 0.846 bits per heavy atom. The molecule has 0 aromatic heterocycles. The van der Waals surface area contributed by atoms with Gasteiger partial charge in [-0.25, -0.2) is 8.78 Å². The summed E-state index contributed by atoms with van der Waals surface area (Å²) in [6.07, 6.45) is 3.80. The van der Waals surface area contributed by atoms with Gasteiger partial charge in [-0.2, -0.15) is 22.0 Å². The summed E-state index contributed by atoms with van der Waals surface area (Å²) in [6.45, 7) is 2.21. The van der Waals surface area contributed by atoms with E-state index in [1.807, 2.05) is 0 Å². The van der Waals surface area contributed by atoms with Gasteiger partial charge in [-0.3, -0.25) is 0 Å². The predicted molar refractivity (Wildman–Crippen MR) is 137 cm³/mol. The molecular formula is C31H35F7O. The molecule has 0 spiro atoms. The van der Waals surface area contributed by atoms with Gasteiger partial charge in [0.2, 0.25) is 0 Å². The molecular weight excluding hydrogens is 521 g/mol. The predicted octanol–water partition coefficient (Wildman–Crippen LogP) is 10.2. The third-order valence-electron chi connectivity index (χ3n) is 8.60. The number of hydrogen-bond acceptors (Lipinski definition) is 1. The minimum absolute atomic E-state index is 0.107. The van der Waals surface area contributed by atoms with Gasteiger partial charge in [-0.05, 0) is 85.9 Å². The fourth-order valence-electron chi connectivity index (χ4n) is 6.42. The molecule has 2 aromatic rings. The minimum atomic E-state index is -4.91. The van der Waals surface area contributed by atoms with Crippen molar-refractivity contribution in [2.24, 2.45) is 23.7 Å². The Balaban J connectivity index is 1.35. The molecule has 39 heavy (non-hydrogen) atoms. The Bertz CT molecular complexity index is 1180. The minimum Gasteiger partial charge on any atom is -0.432 e. The highest BCUT2D eigenvalue weighted by molar-refractivity contribution is 5.86. The summed E-state index contributed by atoms with van der Waals surface area (Å²) < 4.78 is 101. The smallest absolute Gasteiger partial charge is 0.432 e. The maximum Gasteiger partial charge on any atom is 0.458 e. The molecule has 2 fully saturated rings. The van der Waals surface area contributed by atoms with Gasteiger partial charge in [0.1, 0.15) is 17.4 Å². The maximum absolute atomic E-state index is 15.1. The van der Waals surface area contributed by atoms with Crippen LogP contribution in [0.15, 0.2) is 24.3 Å². The summed E-state index contributed by atoms with van der Waals surface area (Å²) in [5.74, 6) is 0.394. The molecule has 2 aliphatic carbocycles. The molecule has 0 radical (unpaired) electrons. The van der Waals surface area contributed by atoms with Crippen molar-refractivity contribution < 1.29 is 35.5 Å². The van der Waals surface area contributed by atoms with Gasteiger partial charge in [0.05, 0.1) is 11.5 Å². The van der Waals surface area contributed by atoms with E-state index in [2.05, 4.69) is 6.92 Å². The van der Waals surface area contributed by atoms with Crippen LogP contribution in [0.4, 0.5) is 30.7 Å². The summed E-state index contributed by atoms with van der Waals surface area (Å²) >= 11 is 0. The molecule has 8 heteroatoms. The Morgan fingerprint density at radius 2 is 1.49 bits per heavy atom. The van der Waals surface area contributed by atoms with Crippen molar-refractivity contribution in [1.29, 1.82) is 0 Å². The van der Waals surface area contributed by atoms with E-state index in [9.17, 15) is 22.0 Å². The van der Waals surface area contributed by atoms with E-state index < -0.39 is 35.4 Å². The molecule has 0 atom stereocenters. The van der Waals surface area contributed by atoms with E-state index in [0.717, 1.165) is 48.9 Å². The van der Waals surface area contributed by atoms with Crippen LogP contribution in [0.5, 0.6) is 5.75 Å². The monoisotopic (exact) mass is 556 g/mol. The van der Waals surface area contributed by atoms with Gasteiger partial charge >= 0.3 is 12.3 Å². The Kier molecular flexibility index (Phi) is 9.39. The Morgan fingerprint density at radius 3 is 2.10 bits per heavy atom. The van der Waals surface area contributed by atoms with E-state index in [0.29, 0.717) is 24.7 Å². The third-order valence-corrected chi connectivity index (χ3v) is 8.60. The van der Waals surface area contributed by atoms with Gasteiger partial charge in [0, 0.05) is 11.3 Å². The molecule has 0 heterocycles. The second-order valence-electron chi connectivity index (χ2n) is 11.2. The van der Waals surface area contributed by atoms with Gasteiger partial charge < -0.3 is 4.74 Å². The molecule has 0 aliphatic heterocycles. The summed E-state index contributed by atoms with van der Waals surface area (Å²) in [5.41, 5.74) is -1.03. The van der Waals surface area contributed by atoms with E-state index >= 15 is 8.78 Å². The highest BCUT2D eigenvalue weighted by Gasteiger charge is 2.45. The van der Waals surface area contributed by atoms with Crippen LogP contribution in [0.2, 0.25) is 0 Å². The summed E-state index contributed by atoms with van der Waals surface area (Å²) in [5, 5.41) is -0.344. The molecule has 0 N–H and O–H groups in total. The Hall–Kier alpha value is -2.43. The van der Waals surface area contributed by atoms with Gasteiger partial charge in [-0.1, -0.05) is 51.4 Å². The van der Waals surface area contributed by atoms with Crippen LogP contribution in [-0.2, 0) is 0 Å². The van der Waals surface area contributed by atoms with Crippen molar-refractivity contribution in [3.05, 3.63) is 41.5 Å². The van der Waals surface area contributed by atoms with Crippen LogP contribution in [0, 0.1) is 47.1 Å². The fraction of sp³-hybridized carbons (Fsp3) is 0.613. The molecule has 0 amide bonds. The molecule has 0 bridgehead atoms. The zero-order chi connectivity index (χ0) is 28.2. The second-order valence-corrected chi connectivity index (χ2v) is 11.2. The highest BCUT2D eigenvalue weighted by Crippen LogP contribution is 2.46. The number of hydrogen-bond donors (Lipinski definition) is 0. The molecule has 4 rings (SSSR count). The summed E-state index contributed by atoms with van der Waals surface area (Å²) in [4.78, 5) is 0. The van der Waals surface area contributed by atoms with Crippen LogP contribution in [0.25, 0.3) is 10.8 Å². The fourth-order valence-corrected chi connectivity index (χ4v) is 6.42. The van der Waals surface area contributed by atoms with Crippen LogP contribution in [0.3, 0.4) is 0 Å². The van der Waals surface area contributed by atoms with E-state index in [4.69, 9.17) is 4.74 Å². The van der Waals surface area contributed by atoms with Crippen molar-refractivity contribution in [3.63, 3.8) is 0 Å². The Labute approximate surface area is 225 Å². The first kappa shape index (κ1) is 29.6. The molecule has 0 unspecified atom stereocenters. The summed E-state index contributed by atoms with van der Waals surface area (Å²) in [7, 11) is 0. The van der Waals surface area contributed by atoms with Crippen molar-refractivity contribution >= 4 is 10.8 Å². The quantitative estimate of drug-likeness (QED) is 0.179. The normalized spacial score (nSPS) is 24.3. The highest BCUT2D eigenvalue weighted by atomic mass is 19.4. The lowest BCUT2D eigenvalue weighted by Gasteiger charge is -2.39. The lowest BCUT2D eigenvalue weighted by atomic mass is 9.68. The van der Waals surface area contributed by atoms with Crippen molar-refractivity contribution in [3.8, 4) is 17.6 Å². The number of alkyl halides is 5. The van der Waals surface area contributed by atoms with Crippen LogP contribution in [0.1, 0.15) is 89.5 Å². The molecule has 2 aliphatic rings. The van der Waals surface area contributed by atoms with E-state index in [1.165, 1.54) is 57.3 Å². The lowest BCUT2D eigenvalue weighted by molar-refractivity contribution is -0.224. The van der Waals surface area contributed by atoms with Crippen LogP contribution in [-0.4, -0.2) is 12.3 Å². The van der Waals surface area contributed by atoms with Crippen molar-refractivity contribution in [2.45, 2.75) is 96.3 Å². The first-order valence-corrected chi connectivity index (χ1v) is 14.0. The number of benzene rings is 2. The summed E-state index contributed by atoms with van der Waals surface area (Å²) in [6, 6.07) is 4.04. The average molecular weight is 557 g/mol. The standard InChI is InChI=1S/C31H35F7O/c1-2-3-4-5-20-6-8-21(9-7-20)22-10-12-24(13-11-22)31(37,38)39-25-14-15-26-23(18-25)19-28(32)27(29(26)33)16-17-30(34,35)36/h14-15,18-22,24H,2-13H2,1H3. The molecule has 1 nitrogen and oxygen atoms in total. The van der Waals surface area contributed by atoms with Crippen molar-refractivity contribution in [1.82, 2.24) is 0 Å². The average Bonchev–Trinajstić information content (AvgIpc) is 2.88. The molecule has 214 valence electrons. The first-order valence-electron chi connectivity index (χ1n) is 14.0. The van der Waals surface area contributed by atoms with Gasteiger partial charge in [-0.15, -0.1) is 0 Å². The second kappa shape index (κ2) is 12.4. The van der Waals surface area contributed by atoms with Gasteiger partial charge in [0.25, 0.3) is 0 Å². The number of unbranched alkanes of at least 4 members (excludes halogenated alkanes) is 2. The zero-order valence-electron chi connectivity index (χ0n) is 22.2. The largest absolute Gasteiger partial charge is 0.458 e. The van der Waals surface area contributed by atoms with Gasteiger partial charge in [0.15, 0.2) is 0 Å². The van der Waals surface area contributed by atoms with E-state index in [-0.39, 0.29) is 16.5 Å². The molecule has 2 aromatic carbocycles.